The molecule has 0 unspecified atom stereocenters. The van der Waals surface area contributed by atoms with Gasteiger partial charge >= 0.3 is 5.97 Å². The Morgan fingerprint density at radius 1 is 1.16 bits per heavy atom. The van der Waals surface area contributed by atoms with E-state index in [4.69, 9.17) is 21.1 Å². The topological polar surface area (TPSA) is 66.2 Å². The zero-order chi connectivity index (χ0) is 17.8. The van der Waals surface area contributed by atoms with E-state index in [-0.39, 0.29) is 5.97 Å². The Labute approximate surface area is 149 Å². The van der Waals surface area contributed by atoms with Crippen LogP contribution < -0.4 is 4.74 Å². The van der Waals surface area contributed by atoms with Gasteiger partial charge in [-0.05, 0) is 30.3 Å². The highest BCUT2D eigenvalue weighted by atomic mass is 35.5. The normalized spacial score (nSPS) is 10.5. The first-order chi connectivity index (χ1) is 12.1. The first kappa shape index (κ1) is 17.0. The van der Waals surface area contributed by atoms with Crippen molar-refractivity contribution in [2.24, 2.45) is 0 Å². The summed E-state index contributed by atoms with van der Waals surface area (Å²) in [5.41, 5.74) is 2.96. The number of aromatic nitrogens is 3. The number of halogens is 1. The van der Waals surface area contributed by atoms with Crippen LogP contribution in [-0.4, -0.2) is 35.2 Å². The van der Waals surface area contributed by atoms with Gasteiger partial charge in [0.2, 0.25) is 0 Å². The Kier molecular flexibility index (Phi) is 5.00. The van der Waals surface area contributed by atoms with Gasteiger partial charge in [-0.2, -0.15) is 0 Å². The Morgan fingerprint density at radius 3 is 2.60 bits per heavy atom. The van der Waals surface area contributed by atoms with E-state index in [2.05, 4.69) is 10.3 Å². The Morgan fingerprint density at radius 2 is 1.92 bits per heavy atom. The molecule has 0 saturated carbocycles. The summed E-state index contributed by atoms with van der Waals surface area (Å²) in [5, 5.41) is 8.96. The summed E-state index contributed by atoms with van der Waals surface area (Å²) in [4.78, 5) is 11.5. The van der Waals surface area contributed by atoms with E-state index < -0.39 is 0 Å². The average molecular weight is 358 g/mol. The third kappa shape index (κ3) is 3.80. The number of carbonyl (C=O) groups is 1. The number of hydrogen-bond acceptors (Lipinski definition) is 5. The summed E-state index contributed by atoms with van der Waals surface area (Å²) < 4.78 is 11.7. The minimum Gasteiger partial charge on any atom is -0.496 e. The number of nitrogens with zero attached hydrogens (tertiary/aromatic N) is 3. The van der Waals surface area contributed by atoms with Gasteiger partial charge in [-0.15, -0.1) is 5.10 Å². The fourth-order valence-corrected chi connectivity index (χ4v) is 2.64. The van der Waals surface area contributed by atoms with Crippen molar-refractivity contribution in [2.75, 3.05) is 14.2 Å². The number of hydrogen-bond donors (Lipinski definition) is 0. The van der Waals surface area contributed by atoms with Crippen molar-refractivity contribution in [1.82, 2.24) is 15.0 Å². The number of rotatable bonds is 5. The van der Waals surface area contributed by atoms with E-state index in [9.17, 15) is 4.79 Å². The summed E-state index contributed by atoms with van der Waals surface area (Å²) in [6.45, 7) is 0.483. The zero-order valence-corrected chi connectivity index (χ0v) is 14.5. The van der Waals surface area contributed by atoms with Gasteiger partial charge in [0.15, 0.2) is 0 Å². The van der Waals surface area contributed by atoms with E-state index in [1.54, 1.807) is 42.1 Å². The maximum atomic E-state index is 11.5. The number of benzene rings is 2. The quantitative estimate of drug-likeness (QED) is 0.654. The van der Waals surface area contributed by atoms with Gasteiger partial charge in [-0.25, -0.2) is 9.48 Å². The van der Waals surface area contributed by atoms with Gasteiger partial charge in [0.05, 0.1) is 32.5 Å². The smallest absolute Gasteiger partial charge is 0.337 e. The molecule has 3 aromatic rings. The Hall–Kier alpha value is -2.86. The van der Waals surface area contributed by atoms with Gasteiger partial charge in [0.1, 0.15) is 11.4 Å². The Bertz CT molecular complexity index is 891. The molecular weight excluding hydrogens is 342 g/mol. The molecule has 1 heterocycles. The minimum atomic E-state index is -0.372. The van der Waals surface area contributed by atoms with Crippen LogP contribution >= 0.6 is 11.6 Å². The second-order valence-electron chi connectivity index (χ2n) is 5.33. The summed E-state index contributed by atoms with van der Waals surface area (Å²) in [6, 6.07) is 12.4. The van der Waals surface area contributed by atoms with Crippen LogP contribution in [0.15, 0.2) is 48.7 Å². The van der Waals surface area contributed by atoms with E-state index in [0.717, 1.165) is 16.9 Å². The van der Waals surface area contributed by atoms with Crippen LogP contribution in [0.2, 0.25) is 5.02 Å². The highest BCUT2D eigenvalue weighted by molar-refractivity contribution is 6.30. The van der Waals surface area contributed by atoms with Crippen LogP contribution in [0, 0.1) is 0 Å². The van der Waals surface area contributed by atoms with Crippen molar-refractivity contribution in [3.8, 4) is 17.0 Å². The van der Waals surface area contributed by atoms with Crippen LogP contribution in [0.5, 0.6) is 5.75 Å². The highest BCUT2D eigenvalue weighted by Gasteiger charge is 2.10. The van der Waals surface area contributed by atoms with E-state index in [1.165, 1.54) is 7.11 Å². The largest absolute Gasteiger partial charge is 0.496 e. The fraction of sp³-hybridized carbons (Fsp3) is 0.167. The molecule has 0 radical (unpaired) electrons. The fourth-order valence-electron chi connectivity index (χ4n) is 2.45. The minimum absolute atomic E-state index is 0.372. The molecule has 7 heteroatoms. The number of methoxy groups -OCH3 is 2. The molecule has 0 aliphatic rings. The van der Waals surface area contributed by atoms with Crippen molar-refractivity contribution >= 4 is 17.6 Å². The van der Waals surface area contributed by atoms with E-state index >= 15 is 0 Å². The average Bonchev–Trinajstić information content (AvgIpc) is 3.10. The van der Waals surface area contributed by atoms with Crippen molar-refractivity contribution in [3.05, 3.63) is 64.8 Å². The van der Waals surface area contributed by atoms with Crippen molar-refractivity contribution < 1.29 is 14.3 Å². The van der Waals surface area contributed by atoms with Crippen LogP contribution in [-0.2, 0) is 11.3 Å². The molecule has 0 spiro atoms. The summed E-state index contributed by atoms with van der Waals surface area (Å²) >= 11 is 6.05. The third-order valence-corrected chi connectivity index (χ3v) is 3.95. The predicted molar refractivity (Wildman–Crippen MR) is 93.9 cm³/mol. The molecule has 25 heavy (non-hydrogen) atoms. The molecule has 0 N–H and O–H groups in total. The molecule has 0 fully saturated rings. The van der Waals surface area contributed by atoms with Crippen molar-refractivity contribution in [3.63, 3.8) is 0 Å². The van der Waals surface area contributed by atoms with E-state index in [1.807, 2.05) is 18.3 Å². The van der Waals surface area contributed by atoms with Crippen LogP contribution in [0.4, 0.5) is 0 Å². The maximum Gasteiger partial charge on any atom is 0.337 e. The maximum absolute atomic E-state index is 11.5. The first-order valence-corrected chi connectivity index (χ1v) is 7.90. The van der Waals surface area contributed by atoms with Gasteiger partial charge in [-0.1, -0.05) is 28.9 Å². The number of ether oxygens (including phenoxy) is 2. The summed E-state index contributed by atoms with van der Waals surface area (Å²) in [7, 11) is 2.97. The van der Waals surface area contributed by atoms with Crippen LogP contribution in [0.1, 0.15) is 15.9 Å². The molecule has 0 amide bonds. The van der Waals surface area contributed by atoms with Crippen LogP contribution in [0.25, 0.3) is 11.3 Å². The van der Waals surface area contributed by atoms with Crippen LogP contribution in [0.3, 0.4) is 0 Å². The van der Waals surface area contributed by atoms with Gasteiger partial charge in [0, 0.05) is 16.1 Å². The third-order valence-electron chi connectivity index (χ3n) is 3.72. The summed E-state index contributed by atoms with van der Waals surface area (Å²) in [6.07, 6.45) is 1.83. The van der Waals surface area contributed by atoms with Gasteiger partial charge in [0.25, 0.3) is 0 Å². The molecule has 0 aliphatic heterocycles. The van der Waals surface area contributed by atoms with E-state index in [0.29, 0.717) is 22.8 Å². The second kappa shape index (κ2) is 7.36. The first-order valence-electron chi connectivity index (χ1n) is 7.52. The molecule has 0 saturated heterocycles. The lowest BCUT2D eigenvalue weighted by Gasteiger charge is -2.08. The lowest BCUT2D eigenvalue weighted by Crippen LogP contribution is -2.02. The number of esters is 1. The lowest BCUT2D eigenvalue weighted by atomic mass is 10.1. The van der Waals surface area contributed by atoms with Gasteiger partial charge in [-0.3, -0.25) is 0 Å². The van der Waals surface area contributed by atoms with Gasteiger partial charge < -0.3 is 9.47 Å². The molecule has 1 aromatic heterocycles. The molecule has 0 atom stereocenters. The predicted octanol–water partition coefficient (Wildman–Crippen LogP) is 3.44. The lowest BCUT2D eigenvalue weighted by molar-refractivity contribution is 0.0601. The molecular formula is C18H16ClN3O3. The monoisotopic (exact) mass is 357 g/mol. The van der Waals surface area contributed by atoms with Crippen molar-refractivity contribution in [2.45, 2.75) is 6.54 Å². The Balaban J connectivity index is 1.81. The summed E-state index contributed by atoms with van der Waals surface area (Å²) in [5.74, 6) is 0.368. The molecule has 0 bridgehead atoms. The van der Waals surface area contributed by atoms with Crippen molar-refractivity contribution in [1.29, 1.82) is 0 Å². The molecule has 128 valence electrons. The molecule has 6 nitrogen and oxygen atoms in total. The second-order valence-corrected chi connectivity index (χ2v) is 5.76. The standard InChI is InChI=1S/C18H16ClN3O3/c1-24-17-8-7-15(19)9-14(17)10-22-11-16(20-21-22)12-3-5-13(6-4-12)18(23)25-2/h3-9,11H,10H2,1-2H3. The molecule has 0 aliphatic carbocycles. The zero-order valence-electron chi connectivity index (χ0n) is 13.8. The number of carbonyl (C=O) groups excluding carboxylic acids is 1. The molecule has 3 rings (SSSR count). The molecule has 2 aromatic carbocycles. The SMILES string of the molecule is COC(=O)c1ccc(-c2cn(Cc3cc(Cl)ccc3OC)nn2)cc1. The highest BCUT2D eigenvalue weighted by Crippen LogP contribution is 2.24.